The molecule has 4 heteroatoms. The van der Waals surface area contributed by atoms with E-state index >= 15 is 0 Å². The molecule has 2 nitrogen and oxygen atoms in total. The van der Waals surface area contributed by atoms with Crippen molar-refractivity contribution in [1.82, 2.24) is 0 Å². The summed E-state index contributed by atoms with van der Waals surface area (Å²) < 4.78 is 13.0. The topological polar surface area (TPSA) is 15.3 Å². The average Bonchev–Trinajstić information content (AvgIpc) is 2.52. The van der Waals surface area contributed by atoms with Crippen molar-refractivity contribution in [3.05, 3.63) is 59.4 Å². The molecule has 0 aromatic heterocycles. The number of halogens is 2. The fraction of sp³-hybridized carbons (Fsp3) is 0.294. The summed E-state index contributed by atoms with van der Waals surface area (Å²) in [5.74, 6) is -0.301. The Balaban J connectivity index is 1.59. The Morgan fingerprint density at radius 3 is 2.43 bits per heavy atom. The Morgan fingerprint density at radius 2 is 1.76 bits per heavy atom. The van der Waals surface area contributed by atoms with Crippen molar-refractivity contribution in [3.8, 4) is 0 Å². The normalized spacial score (nSPS) is 16.0. The molecular weight excluding hydrogens is 287 g/mol. The molecule has 3 rings (SSSR count). The number of rotatable bonds is 3. The van der Waals surface area contributed by atoms with Crippen molar-refractivity contribution < 1.29 is 4.39 Å². The third-order valence-electron chi connectivity index (χ3n) is 3.91. The lowest BCUT2D eigenvalue weighted by molar-refractivity contribution is 0.526. The number of nitrogens with one attached hydrogen (secondary N) is 1. The van der Waals surface area contributed by atoms with Crippen LogP contribution in [-0.4, -0.2) is 19.1 Å². The highest BCUT2D eigenvalue weighted by Crippen LogP contribution is 2.26. The minimum absolute atomic E-state index is 0.301. The summed E-state index contributed by atoms with van der Waals surface area (Å²) in [6.07, 6.45) is 2.09. The molecule has 2 aromatic carbocycles. The Labute approximate surface area is 129 Å². The lowest BCUT2D eigenvalue weighted by Crippen LogP contribution is -2.39. The van der Waals surface area contributed by atoms with Gasteiger partial charge >= 0.3 is 0 Å². The van der Waals surface area contributed by atoms with Crippen molar-refractivity contribution in [2.24, 2.45) is 0 Å². The number of hydrogen-bond donors (Lipinski definition) is 1. The van der Waals surface area contributed by atoms with Crippen molar-refractivity contribution in [2.75, 3.05) is 23.3 Å². The molecular formula is C17H18ClFN2. The molecule has 0 radical (unpaired) electrons. The summed E-state index contributed by atoms with van der Waals surface area (Å²) >= 11 is 6.06. The largest absolute Gasteiger partial charge is 0.381 e. The highest BCUT2D eigenvalue weighted by Gasteiger charge is 2.19. The Morgan fingerprint density at radius 1 is 1.05 bits per heavy atom. The molecule has 0 atom stereocenters. The van der Waals surface area contributed by atoms with E-state index in [2.05, 4.69) is 34.5 Å². The van der Waals surface area contributed by atoms with Crippen LogP contribution in [0.3, 0.4) is 0 Å². The first-order valence-corrected chi connectivity index (χ1v) is 7.62. The van der Waals surface area contributed by atoms with E-state index in [4.69, 9.17) is 11.6 Å². The van der Waals surface area contributed by atoms with Gasteiger partial charge in [-0.1, -0.05) is 29.8 Å². The first kappa shape index (κ1) is 14.2. The van der Waals surface area contributed by atoms with Gasteiger partial charge in [-0.15, -0.1) is 0 Å². The van der Waals surface area contributed by atoms with Gasteiger partial charge < -0.3 is 10.2 Å². The SMILES string of the molecule is Fc1ccc(NC2CCN(c3ccccc3)CC2)c(Cl)c1. The van der Waals surface area contributed by atoms with Gasteiger partial charge in [0.15, 0.2) is 0 Å². The van der Waals surface area contributed by atoms with Crippen molar-refractivity contribution in [2.45, 2.75) is 18.9 Å². The minimum atomic E-state index is -0.301. The monoisotopic (exact) mass is 304 g/mol. The smallest absolute Gasteiger partial charge is 0.124 e. The lowest BCUT2D eigenvalue weighted by Gasteiger charge is -2.34. The number of piperidine rings is 1. The molecule has 0 aliphatic carbocycles. The molecule has 0 unspecified atom stereocenters. The number of para-hydroxylation sites is 1. The zero-order valence-electron chi connectivity index (χ0n) is 11.7. The van der Waals surface area contributed by atoms with Crippen molar-refractivity contribution >= 4 is 23.0 Å². The molecule has 21 heavy (non-hydrogen) atoms. The molecule has 1 saturated heterocycles. The van der Waals surface area contributed by atoms with E-state index in [1.807, 2.05) is 6.07 Å². The van der Waals surface area contributed by atoms with Gasteiger partial charge in [0.25, 0.3) is 0 Å². The molecule has 1 aliphatic heterocycles. The van der Waals surface area contributed by atoms with Crippen LogP contribution in [0.1, 0.15) is 12.8 Å². The standard InChI is InChI=1S/C17H18ClFN2/c18-16-12-13(19)6-7-17(16)20-14-8-10-21(11-9-14)15-4-2-1-3-5-15/h1-7,12,14,20H,8-11H2. The second kappa shape index (κ2) is 6.35. The lowest BCUT2D eigenvalue weighted by atomic mass is 10.0. The predicted octanol–water partition coefficient (Wildman–Crippen LogP) is 4.56. The number of nitrogens with zero attached hydrogens (tertiary/aromatic N) is 1. The number of anilines is 2. The van der Waals surface area contributed by atoms with Crippen LogP contribution in [0.15, 0.2) is 48.5 Å². The van der Waals surface area contributed by atoms with E-state index in [1.165, 1.54) is 17.8 Å². The van der Waals surface area contributed by atoms with Crippen LogP contribution in [-0.2, 0) is 0 Å². The molecule has 0 bridgehead atoms. The molecule has 2 aromatic rings. The highest BCUT2D eigenvalue weighted by molar-refractivity contribution is 6.33. The average molecular weight is 305 g/mol. The molecule has 110 valence electrons. The van der Waals surface area contributed by atoms with Crippen molar-refractivity contribution in [1.29, 1.82) is 0 Å². The fourth-order valence-electron chi connectivity index (χ4n) is 2.75. The summed E-state index contributed by atoms with van der Waals surface area (Å²) in [6, 6.07) is 15.3. The Kier molecular flexibility index (Phi) is 4.30. The van der Waals surface area contributed by atoms with Gasteiger partial charge in [-0.3, -0.25) is 0 Å². The predicted molar refractivity (Wildman–Crippen MR) is 86.7 cm³/mol. The zero-order chi connectivity index (χ0) is 14.7. The summed E-state index contributed by atoms with van der Waals surface area (Å²) in [5, 5.41) is 3.87. The Bertz CT molecular complexity index is 595. The number of benzene rings is 2. The third kappa shape index (κ3) is 3.48. The summed E-state index contributed by atoms with van der Waals surface area (Å²) in [7, 11) is 0. The van der Waals surface area contributed by atoms with Crippen LogP contribution >= 0.6 is 11.6 Å². The molecule has 1 aliphatic rings. The molecule has 0 amide bonds. The maximum absolute atomic E-state index is 13.0. The second-order valence-electron chi connectivity index (χ2n) is 5.37. The molecule has 0 spiro atoms. The van der Waals surface area contributed by atoms with Crippen LogP contribution in [0.5, 0.6) is 0 Å². The van der Waals surface area contributed by atoms with E-state index in [1.54, 1.807) is 6.07 Å². The first-order chi connectivity index (χ1) is 10.2. The van der Waals surface area contributed by atoms with Gasteiger partial charge in [0, 0.05) is 24.8 Å². The fourth-order valence-corrected chi connectivity index (χ4v) is 2.97. The van der Waals surface area contributed by atoms with Crippen molar-refractivity contribution in [3.63, 3.8) is 0 Å². The summed E-state index contributed by atoms with van der Waals surface area (Å²) in [5.41, 5.74) is 2.09. The molecule has 0 saturated carbocycles. The second-order valence-corrected chi connectivity index (χ2v) is 5.77. The van der Waals surface area contributed by atoms with Crippen LogP contribution in [0.2, 0.25) is 5.02 Å². The van der Waals surface area contributed by atoms with Gasteiger partial charge in [-0.25, -0.2) is 4.39 Å². The van der Waals surface area contributed by atoms with Gasteiger partial charge in [0.2, 0.25) is 0 Å². The van der Waals surface area contributed by atoms with E-state index in [0.717, 1.165) is 31.6 Å². The summed E-state index contributed by atoms with van der Waals surface area (Å²) in [6.45, 7) is 2.03. The molecule has 1 heterocycles. The zero-order valence-corrected chi connectivity index (χ0v) is 12.5. The molecule has 1 N–H and O–H groups in total. The van der Waals surface area contributed by atoms with E-state index < -0.39 is 0 Å². The highest BCUT2D eigenvalue weighted by atomic mass is 35.5. The minimum Gasteiger partial charge on any atom is -0.381 e. The quantitative estimate of drug-likeness (QED) is 0.894. The van der Waals surface area contributed by atoms with E-state index in [-0.39, 0.29) is 5.82 Å². The van der Waals surface area contributed by atoms with E-state index in [9.17, 15) is 4.39 Å². The van der Waals surface area contributed by atoms with Crippen LogP contribution in [0.25, 0.3) is 0 Å². The maximum Gasteiger partial charge on any atom is 0.124 e. The third-order valence-corrected chi connectivity index (χ3v) is 4.22. The van der Waals surface area contributed by atoms with Gasteiger partial charge in [0.1, 0.15) is 5.82 Å². The van der Waals surface area contributed by atoms with Crippen LogP contribution < -0.4 is 10.2 Å². The first-order valence-electron chi connectivity index (χ1n) is 7.24. The van der Waals surface area contributed by atoms with Gasteiger partial charge in [-0.05, 0) is 43.2 Å². The number of hydrogen-bond acceptors (Lipinski definition) is 2. The molecule has 1 fully saturated rings. The van der Waals surface area contributed by atoms with Crippen LogP contribution in [0, 0.1) is 5.82 Å². The maximum atomic E-state index is 13.0. The Hall–Kier alpha value is -1.74. The van der Waals surface area contributed by atoms with Gasteiger partial charge in [-0.2, -0.15) is 0 Å². The van der Waals surface area contributed by atoms with Gasteiger partial charge in [0.05, 0.1) is 10.7 Å². The van der Waals surface area contributed by atoms with Crippen LogP contribution in [0.4, 0.5) is 15.8 Å². The van der Waals surface area contributed by atoms with E-state index in [0.29, 0.717) is 11.1 Å². The summed E-state index contributed by atoms with van der Waals surface area (Å²) in [4.78, 5) is 2.39.